The van der Waals surface area contributed by atoms with Crippen molar-refractivity contribution in [3.8, 4) is 0 Å². The first-order valence-corrected chi connectivity index (χ1v) is 8.44. The van der Waals surface area contributed by atoms with Gasteiger partial charge >= 0.3 is 0 Å². The topological polar surface area (TPSA) is 24.5 Å². The van der Waals surface area contributed by atoms with Crippen molar-refractivity contribution in [2.45, 2.75) is 32.0 Å². The maximum Gasteiger partial charge on any atom is 0.0713 e. The number of likely N-dealkylation sites (tertiary alicyclic amines) is 1. The quantitative estimate of drug-likeness (QED) is 0.875. The molecule has 0 aromatic heterocycles. The molecule has 0 atom stereocenters. The van der Waals surface area contributed by atoms with Crippen LogP contribution < -0.4 is 5.32 Å². The van der Waals surface area contributed by atoms with Crippen molar-refractivity contribution in [3.05, 3.63) is 65.7 Å². The van der Waals surface area contributed by atoms with E-state index in [0.29, 0.717) is 12.6 Å². The number of ether oxygens (including phenoxy) is 1. The number of hydrogen-bond acceptors (Lipinski definition) is 3. The molecule has 1 fully saturated rings. The van der Waals surface area contributed by atoms with Gasteiger partial charge < -0.3 is 10.1 Å². The average molecular weight is 310 g/mol. The summed E-state index contributed by atoms with van der Waals surface area (Å²) in [7, 11) is 1.73. The second-order valence-electron chi connectivity index (χ2n) is 6.31. The van der Waals surface area contributed by atoms with Crippen LogP contribution in [0.1, 0.15) is 24.0 Å². The van der Waals surface area contributed by atoms with Crippen LogP contribution in [0.4, 0.5) is 5.69 Å². The number of benzene rings is 2. The lowest BCUT2D eigenvalue weighted by Crippen LogP contribution is -2.38. The normalized spacial score (nSPS) is 16.4. The molecule has 0 unspecified atom stereocenters. The van der Waals surface area contributed by atoms with Crippen LogP contribution in [0.15, 0.2) is 54.6 Å². The highest BCUT2D eigenvalue weighted by Gasteiger charge is 2.18. The molecule has 3 heteroatoms. The Bertz CT molecular complexity index is 574. The summed E-state index contributed by atoms with van der Waals surface area (Å²) >= 11 is 0. The summed E-state index contributed by atoms with van der Waals surface area (Å²) in [6, 6.07) is 19.9. The number of nitrogens with zero attached hydrogens (tertiary/aromatic N) is 1. The Morgan fingerprint density at radius 2 is 1.65 bits per heavy atom. The van der Waals surface area contributed by atoms with Crippen LogP contribution in [-0.4, -0.2) is 31.1 Å². The minimum absolute atomic E-state index is 0.579. The van der Waals surface area contributed by atoms with Crippen molar-refractivity contribution in [1.29, 1.82) is 0 Å². The van der Waals surface area contributed by atoms with Crippen LogP contribution in [0.5, 0.6) is 0 Å². The first kappa shape index (κ1) is 16.0. The molecule has 1 aliphatic heterocycles. The van der Waals surface area contributed by atoms with Crippen molar-refractivity contribution in [2.24, 2.45) is 0 Å². The van der Waals surface area contributed by atoms with Crippen LogP contribution in [-0.2, 0) is 17.9 Å². The van der Waals surface area contributed by atoms with Crippen LogP contribution in [0.3, 0.4) is 0 Å². The maximum atomic E-state index is 5.15. The molecular formula is C20H26N2O. The Morgan fingerprint density at radius 1 is 0.957 bits per heavy atom. The van der Waals surface area contributed by atoms with E-state index in [1.54, 1.807) is 7.11 Å². The van der Waals surface area contributed by atoms with Crippen LogP contribution >= 0.6 is 0 Å². The van der Waals surface area contributed by atoms with E-state index in [9.17, 15) is 0 Å². The second kappa shape index (κ2) is 8.14. The molecule has 1 heterocycles. The van der Waals surface area contributed by atoms with E-state index in [1.807, 2.05) is 0 Å². The van der Waals surface area contributed by atoms with E-state index in [2.05, 4.69) is 64.8 Å². The molecule has 0 aliphatic carbocycles. The number of nitrogens with one attached hydrogen (secondary N) is 1. The van der Waals surface area contributed by atoms with Gasteiger partial charge in [0.15, 0.2) is 0 Å². The zero-order valence-corrected chi connectivity index (χ0v) is 13.9. The van der Waals surface area contributed by atoms with Gasteiger partial charge in [-0.15, -0.1) is 0 Å². The fraction of sp³-hybridized carbons (Fsp3) is 0.400. The summed E-state index contributed by atoms with van der Waals surface area (Å²) in [5.41, 5.74) is 3.84. The van der Waals surface area contributed by atoms with E-state index < -0.39 is 0 Å². The van der Waals surface area contributed by atoms with Crippen LogP contribution in [0.25, 0.3) is 0 Å². The number of piperidine rings is 1. The molecule has 3 rings (SSSR count). The average Bonchev–Trinajstić information content (AvgIpc) is 2.60. The molecule has 3 nitrogen and oxygen atoms in total. The first-order chi connectivity index (χ1) is 11.3. The lowest BCUT2D eigenvalue weighted by Gasteiger charge is -2.33. The summed E-state index contributed by atoms with van der Waals surface area (Å²) in [5, 5.41) is 3.67. The summed E-state index contributed by atoms with van der Waals surface area (Å²) in [4.78, 5) is 2.55. The molecule has 0 saturated carbocycles. The van der Waals surface area contributed by atoms with E-state index >= 15 is 0 Å². The molecule has 2 aromatic carbocycles. The molecule has 23 heavy (non-hydrogen) atoms. The fourth-order valence-electron chi connectivity index (χ4n) is 3.18. The third-order valence-corrected chi connectivity index (χ3v) is 4.47. The zero-order chi connectivity index (χ0) is 15.9. The molecule has 1 aliphatic rings. The monoisotopic (exact) mass is 310 g/mol. The van der Waals surface area contributed by atoms with Gasteiger partial charge in [-0.2, -0.15) is 0 Å². The molecule has 1 saturated heterocycles. The molecule has 122 valence electrons. The highest BCUT2D eigenvalue weighted by Crippen LogP contribution is 2.19. The Morgan fingerprint density at radius 3 is 2.30 bits per heavy atom. The van der Waals surface area contributed by atoms with E-state index in [1.165, 1.54) is 29.7 Å². The third kappa shape index (κ3) is 4.81. The van der Waals surface area contributed by atoms with Crippen molar-refractivity contribution >= 4 is 5.69 Å². The predicted octanol–water partition coefficient (Wildman–Crippen LogP) is 3.91. The number of anilines is 1. The van der Waals surface area contributed by atoms with Crippen molar-refractivity contribution in [2.75, 3.05) is 25.5 Å². The van der Waals surface area contributed by atoms with Gasteiger partial charge in [-0.1, -0.05) is 42.5 Å². The van der Waals surface area contributed by atoms with Gasteiger partial charge in [0.2, 0.25) is 0 Å². The van der Waals surface area contributed by atoms with Gasteiger partial charge in [0.05, 0.1) is 6.61 Å². The van der Waals surface area contributed by atoms with Gasteiger partial charge in [-0.05, 0) is 36.1 Å². The summed E-state index contributed by atoms with van der Waals surface area (Å²) in [5.74, 6) is 0. The Labute approximate surface area is 139 Å². The first-order valence-electron chi connectivity index (χ1n) is 8.44. The Hall–Kier alpha value is -1.84. The summed E-state index contributed by atoms with van der Waals surface area (Å²) < 4.78 is 5.15. The molecule has 2 aromatic rings. The summed E-state index contributed by atoms with van der Waals surface area (Å²) in [6.07, 6.45) is 2.40. The van der Waals surface area contributed by atoms with Gasteiger partial charge in [0, 0.05) is 38.5 Å². The molecule has 0 amide bonds. The SMILES string of the molecule is COCc1ccc(NC2CCN(Cc3ccccc3)CC2)cc1. The van der Waals surface area contributed by atoms with Crippen molar-refractivity contribution < 1.29 is 4.74 Å². The lowest BCUT2D eigenvalue weighted by atomic mass is 10.0. The zero-order valence-electron chi connectivity index (χ0n) is 13.9. The molecular weight excluding hydrogens is 284 g/mol. The van der Waals surface area contributed by atoms with Gasteiger partial charge in [-0.3, -0.25) is 4.90 Å². The number of rotatable bonds is 6. The fourth-order valence-corrected chi connectivity index (χ4v) is 3.18. The standard InChI is InChI=1S/C20H26N2O/c1-23-16-18-7-9-19(10-8-18)21-20-11-13-22(14-12-20)15-17-5-3-2-4-6-17/h2-10,20-21H,11-16H2,1H3. The van der Waals surface area contributed by atoms with Gasteiger partial charge in [0.1, 0.15) is 0 Å². The molecule has 0 bridgehead atoms. The Kier molecular flexibility index (Phi) is 5.67. The van der Waals surface area contributed by atoms with Gasteiger partial charge in [-0.25, -0.2) is 0 Å². The third-order valence-electron chi connectivity index (χ3n) is 4.47. The number of hydrogen-bond donors (Lipinski definition) is 1. The number of methoxy groups -OCH3 is 1. The smallest absolute Gasteiger partial charge is 0.0713 e. The van der Waals surface area contributed by atoms with Crippen molar-refractivity contribution in [3.63, 3.8) is 0 Å². The highest BCUT2D eigenvalue weighted by atomic mass is 16.5. The lowest BCUT2D eigenvalue weighted by molar-refractivity contribution is 0.185. The minimum Gasteiger partial charge on any atom is -0.382 e. The predicted molar refractivity (Wildman–Crippen MR) is 95.5 cm³/mol. The minimum atomic E-state index is 0.579. The maximum absolute atomic E-state index is 5.15. The second-order valence-corrected chi connectivity index (χ2v) is 6.31. The summed E-state index contributed by atoms with van der Waals surface area (Å²) in [6.45, 7) is 4.07. The van der Waals surface area contributed by atoms with Crippen LogP contribution in [0.2, 0.25) is 0 Å². The van der Waals surface area contributed by atoms with E-state index in [4.69, 9.17) is 4.74 Å². The molecule has 1 N–H and O–H groups in total. The molecule has 0 spiro atoms. The van der Waals surface area contributed by atoms with E-state index in [0.717, 1.165) is 19.6 Å². The van der Waals surface area contributed by atoms with E-state index in [-0.39, 0.29) is 0 Å². The van der Waals surface area contributed by atoms with Crippen molar-refractivity contribution in [1.82, 2.24) is 4.90 Å². The highest BCUT2D eigenvalue weighted by molar-refractivity contribution is 5.45. The molecule has 0 radical (unpaired) electrons. The van der Waals surface area contributed by atoms with Crippen LogP contribution in [0, 0.1) is 0 Å². The largest absolute Gasteiger partial charge is 0.382 e. The van der Waals surface area contributed by atoms with Gasteiger partial charge in [0.25, 0.3) is 0 Å². The Balaban J connectivity index is 1.45.